The van der Waals surface area contributed by atoms with Gasteiger partial charge in [0.2, 0.25) is 0 Å². The summed E-state index contributed by atoms with van der Waals surface area (Å²) in [6, 6.07) is 5.44. The number of aromatic nitrogens is 2. The maximum Gasteiger partial charge on any atom is 0.313 e. The number of rotatable bonds is 4. The molecule has 0 saturated carbocycles. The smallest absolute Gasteiger partial charge is 0.313 e. The van der Waals surface area contributed by atoms with Gasteiger partial charge in [-0.05, 0) is 25.0 Å². The average Bonchev–Trinajstić information content (AvgIpc) is 2.38. The molecule has 0 saturated heterocycles. The Labute approximate surface area is 111 Å². The number of nitrogens with two attached hydrogens (primary N) is 1. The fourth-order valence-electron chi connectivity index (χ4n) is 1.83. The summed E-state index contributed by atoms with van der Waals surface area (Å²) in [5, 5.41) is 0. The molecule has 0 bridgehead atoms. The fourth-order valence-corrected chi connectivity index (χ4v) is 1.83. The largest absolute Gasteiger partial charge is 0.432 e. The Morgan fingerprint density at radius 2 is 2.21 bits per heavy atom. The number of benzene rings is 1. The third kappa shape index (κ3) is 2.76. The molecular weight excluding hydrogens is 242 g/mol. The first-order valence-corrected chi connectivity index (χ1v) is 6.22. The van der Waals surface area contributed by atoms with Crippen LogP contribution >= 0.6 is 0 Å². The van der Waals surface area contributed by atoms with Gasteiger partial charge in [0.15, 0.2) is 5.75 Å². The highest BCUT2D eigenvalue weighted by Gasteiger charge is 2.11. The molecule has 0 aliphatic rings. The molecular formula is C14H17N3O2. The first-order chi connectivity index (χ1) is 9.13. The summed E-state index contributed by atoms with van der Waals surface area (Å²) in [5.74, 6) is 0.540. The maximum absolute atomic E-state index is 12.1. The number of nitrogen functional groups attached to an aromatic ring is 1. The molecule has 0 amide bonds. The lowest BCUT2D eigenvalue weighted by Gasteiger charge is -2.11. The highest BCUT2D eigenvalue weighted by Crippen LogP contribution is 2.28. The first-order valence-electron chi connectivity index (χ1n) is 6.22. The molecule has 1 aromatic carbocycles. The Bertz CT molecular complexity index is 615. The van der Waals surface area contributed by atoms with Crippen molar-refractivity contribution in [2.45, 2.75) is 26.8 Å². The van der Waals surface area contributed by atoms with Crippen LogP contribution < -0.4 is 16.0 Å². The summed E-state index contributed by atoms with van der Waals surface area (Å²) >= 11 is 0. The van der Waals surface area contributed by atoms with Crippen molar-refractivity contribution in [3.63, 3.8) is 0 Å². The Hall–Kier alpha value is -2.30. The van der Waals surface area contributed by atoms with Gasteiger partial charge in [-0.25, -0.2) is 4.98 Å². The number of nitrogens with zero attached hydrogens (tertiary/aromatic N) is 2. The van der Waals surface area contributed by atoms with Gasteiger partial charge < -0.3 is 15.0 Å². The molecule has 0 aliphatic heterocycles. The van der Waals surface area contributed by atoms with E-state index in [9.17, 15) is 4.79 Å². The molecule has 0 atom stereocenters. The second kappa shape index (κ2) is 5.56. The van der Waals surface area contributed by atoms with Crippen LogP contribution in [0.4, 0.5) is 5.69 Å². The molecule has 0 aliphatic carbocycles. The summed E-state index contributed by atoms with van der Waals surface area (Å²) in [6.07, 6.45) is 4.08. The highest BCUT2D eigenvalue weighted by atomic mass is 16.5. The van der Waals surface area contributed by atoms with E-state index in [1.807, 2.05) is 26.0 Å². The molecule has 2 N–H and O–H groups in total. The van der Waals surface area contributed by atoms with Gasteiger partial charge in [-0.3, -0.25) is 4.79 Å². The molecule has 5 heteroatoms. The SMILES string of the molecule is CCCn1ccnc(Oc2c(C)cccc2N)c1=O. The van der Waals surface area contributed by atoms with Crippen molar-refractivity contribution in [2.24, 2.45) is 0 Å². The first kappa shape index (κ1) is 13.1. The van der Waals surface area contributed by atoms with Crippen LogP contribution in [0, 0.1) is 6.92 Å². The second-order valence-corrected chi connectivity index (χ2v) is 4.33. The lowest BCUT2D eigenvalue weighted by atomic mass is 10.2. The molecule has 0 unspecified atom stereocenters. The van der Waals surface area contributed by atoms with E-state index in [-0.39, 0.29) is 11.4 Å². The van der Waals surface area contributed by atoms with Gasteiger partial charge >= 0.3 is 5.56 Å². The summed E-state index contributed by atoms with van der Waals surface area (Å²) in [6.45, 7) is 4.52. The number of para-hydroxylation sites is 1. The van der Waals surface area contributed by atoms with Crippen molar-refractivity contribution in [3.05, 3.63) is 46.5 Å². The van der Waals surface area contributed by atoms with E-state index in [0.29, 0.717) is 18.0 Å². The third-order valence-corrected chi connectivity index (χ3v) is 2.79. The zero-order valence-electron chi connectivity index (χ0n) is 11.1. The molecule has 1 aromatic heterocycles. The zero-order valence-corrected chi connectivity index (χ0v) is 11.1. The Morgan fingerprint density at radius 3 is 2.89 bits per heavy atom. The van der Waals surface area contributed by atoms with Crippen LogP contribution in [0.3, 0.4) is 0 Å². The predicted molar refractivity (Wildman–Crippen MR) is 74.5 cm³/mol. The van der Waals surface area contributed by atoms with Gasteiger partial charge in [0, 0.05) is 18.9 Å². The molecule has 2 aromatic rings. The zero-order chi connectivity index (χ0) is 13.8. The fraction of sp³-hybridized carbons (Fsp3) is 0.286. The summed E-state index contributed by atoms with van der Waals surface area (Å²) in [4.78, 5) is 16.1. The van der Waals surface area contributed by atoms with E-state index in [0.717, 1.165) is 12.0 Å². The average molecular weight is 259 g/mol. The van der Waals surface area contributed by atoms with Gasteiger partial charge in [0.05, 0.1) is 5.69 Å². The standard InChI is InChI=1S/C14H17N3O2/c1-3-8-17-9-7-16-13(14(17)18)19-12-10(2)5-4-6-11(12)15/h4-7,9H,3,8,15H2,1-2H3. The van der Waals surface area contributed by atoms with Gasteiger partial charge in [0.25, 0.3) is 5.88 Å². The van der Waals surface area contributed by atoms with E-state index in [2.05, 4.69) is 4.98 Å². The van der Waals surface area contributed by atoms with E-state index in [1.165, 1.54) is 0 Å². The summed E-state index contributed by atoms with van der Waals surface area (Å²) < 4.78 is 7.17. The van der Waals surface area contributed by atoms with Gasteiger partial charge in [-0.1, -0.05) is 19.1 Å². The minimum atomic E-state index is -0.244. The van der Waals surface area contributed by atoms with Crippen molar-refractivity contribution < 1.29 is 4.74 Å². The normalized spacial score (nSPS) is 10.4. The van der Waals surface area contributed by atoms with Crippen LogP contribution in [0.5, 0.6) is 11.6 Å². The molecule has 2 rings (SSSR count). The molecule has 100 valence electrons. The lowest BCUT2D eigenvalue weighted by molar-refractivity contribution is 0.442. The summed E-state index contributed by atoms with van der Waals surface area (Å²) in [7, 11) is 0. The van der Waals surface area contributed by atoms with Crippen LogP contribution in [0.25, 0.3) is 0 Å². The van der Waals surface area contributed by atoms with E-state index < -0.39 is 0 Å². The van der Waals surface area contributed by atoms with Gasteiger partial charge in [-0.2, -0.15) is 0 Å². The van der Waals surface area contributed by atoms with Crippen molar-refractivity contribution >= 4 is 5.69 Å². The Morgan fingerprint density at radius 1 is 1.42 bits per heavy atom. The van der Waals surface area contributed by atoms with Crippen molar-refractivity contribution in [1.29, 1.82) is 0 Å². The molecule has 0 radical (unpaired) electrons. The van der Waals surface area contributed by atoms with Crippen molar-refractivity contribution in [3.8, 4) is 11.6 Å². The molecule has 0 spiro atoms. The number of ether oxygens (including phenoxy) is 1. The van der Waals surface area contributed by atoms with Crippen LogP contribution in [-0.2, 0) is 6.54 Å². The van der Waals surface area contributed by atoms with E-state index >= 15 is 0 Å². The molecule has 5 nitrogen and oxygen atoms in total. The molecule has 19 heavy (non-hydrogen) atoms. The lowest BCUT2D eigenvalue weighted by Crippen LogP contribution is -2.21. The minimum absolute atomic E-state index is 0.0527. The van der Waals surface area contributed by atoms with Crippen LogP contribution in [0.15, 0.2) is 35.4 Å². The van der Waals surface area contributed by atoms with Crippen LogP contribution in [0.1, 0.15) is 18.9 Å². The highest BCUT2D eigenvalue weighted by molar-refractivity contribution is 5.57. The number of aryl methyl sites for hydroxylation is 2. The number of hydrogen-bond acceptors (Lipinski definition) is 4. The second-order valence-electron chi connectivity index (χ2n) is 4.33. The van der Waals surface area contributed by atoms with Crippen LogP contribution in [-0.4, -0.2) is 9.55 Å². The molecule has 0 fully saturated rings. The van der Waals surface area contributed by atoms with E-state index in [4.69, 9.17) is 10.5 Å². The number of anilines is 1. The summed E-state index contributed by atoms with van der Waals surface area (Å²) in [5.41, 5.74) is 6.97. The number of hydrogen-bond donors (Lipinski definition) is 1. The quantitative estimate of drug-likeness (QED) is 0.855. The van der Waals surface area contributed by atoms with Gasteiger partial charge in [-0.15, -0.1) is 0 Å². The topological polar surface area (TPSA) is 70.1 Å². The van der Waals surface area contributed by atoms with Crippen molar-refractivity contribution in [2.75, 3.05) is 5.73 Å². The van der Waals surface area contributed by atoms with Crippen LogP contribution in [0.2, 0.25) is 0 Å². The Kier molecular flexibility index (Phi) is 3.85. The minimum Gasteiger partial charge on any atom is -0.432 e. The van der Waals surface area contributed by atoms with Crippen molar-refractivity contribution in [1.82, 2.24) is 9.55 Å². The Balaban J connectivity index is 2.39. The third-order valence-electron chi connectivity index (χ3n) is 2.79. The maximum atomic E-state index is 12.1. The monoisotopic (exact) mass is 259 g/mol. The van der Waals surface area contributed by atoms with Gasteiger partial charge in [0.1, 0.15) is 0 Å². The molecule has 1 heterocycles. The predicted octanol–water partition coefficient (Wildman–Crippen LogP) is 2.34. The van der Waals surface area contributed by atoms with E-state index in [1.54, 1.807) is 23.0 Å².